The van der Waals surface area contributed by atoms with Crippen LogP contribution in [0.25, 0.3) is 0 Å². The fourth-order valence-electron chi connectivity index (χ4n) is 2.74. The Labute approximate surface area is 162 Å². The first-order valence-corrected chi connectivity index (χ1v) is 9.76. The Morgan fingerprint density at radius 2 is 1.85 bits per heavy atom. The van der Waals surface area contributed by atoms with E-state index in [-0.39, 0.29) is 25.0 Å². The van der Waals surface area contributed by atoms with Gasteiger partial charge in [0.15, 0.2) is 11.7 Å². The van der Waals surface area contributed by atoms with Crippen LogP contribution in [0, 0.1) is 13.8 Å². The lowest BCUT2D eigenvalue weighted by atomic mass is 10.3. The zero-order valence-corrected chi connectivity index (χ0v) is 16.4. The molecule has 1 aromatic heterocycles. The number of benzene rings is 1. The van der Waals surface area contributed by atoms with Crippen LogP contribution in [0.5, 0.6) is 5.75 Å². The van der Waals surface area contributed by atoms with Gasteiger partial charge in [0.25, 0.3) is 5.91 Å². The van der Waals surface area contributed by atoms with E-state index in [9.17, 15) is 9.59 Å². The standard InChI is InChI=1S/C19H24N4O3S/c1-14-15(2)27-19(21-14)23-10-8-22(9-11-23)18(25)12-20-17(24)13-26-16-6-4-3-5-7-16/h3-7H,8-13H2,1-2H3,(H,20,24). The monoisotopic (exact) mass is 388 g/mol. The third kappa shape index (κ3) is 5.19. The van der Waals surface area contributed by atoms with Crippen molar-refractivity contribution in [1.29, 1.82) is 0 Å². The molecule has 8 heteroatoms. The number of ether oxygens (including phenoxy) is 1. The SMILES string of the molecule is Cc1nc(N2CCN(C(=O)CNC(=O)COc3ccccc3)CC2)sc1C. The van der Waals surface area contributed by atoms with Crippen molar-refractivity contribution in [2.24, 2.45) is 0 Å². The van der Waals surface area contributed by atoms with Crippen molar-refractivity contribution in [1.82, 2.24) is 15.2 Å². The number of para-hydroxylation sites is 1. The molecule has 2 amide bonds. The smallest absolute Gasteiger partial charge is 0.258 e. The molecule has 3 rings (SSSR count). The summed E-state index contributed by atoms with van der Waals surface area (Å²) in [6.07, 6.45) is 0. The molecule has 0 saturated carbocycles. The van der Waals surface area contributed by atoms with Gasteiger partial charge < -0.3 is 19.9 Å². The zero-order valence-electron chi connectivity index (χ0n) is 15.6. The predicted octanol–water partition coefficient (Wildman–Crippen LogP) is 1.60. The molecule has 2 aromatic rings. The molecule has 0 radical (unpaired) electrons. The summed E-state index contributed by atoms with van der Waals surface area (Å²) in [7, 11) is 0. The number of aromatic nitrogens is 1. The molecule has 7 nitrogen and oxygen atoms in total. The van der Waals surface area contributed by atoms with Crippen molar-refractivity contribution in [2.75, 3.05) is 44.2 Å². The van der Waals surface area contributed by atoms with Crippen LogP contribution in [0.3, 0.4) is 0 Å². The molecule has 1 N–H and O–H groups in total. The van der Waals surface area contributed by atoms with Crippen LogP contribution in [0.4, 0.5) is 5.13 Å². The van der Waals surface area contributed by atoms with E-state index in [1.165, 1.54) is 4.88 Å². The van der Waals surface area contributed by atoms with Gasteiger partial charge in [-0.15, -0.1) is 11.3 Å². The Kier molecular flexibility index (Phi) is 6.28. The molecular formula is C19H24N4O3S. The Balaban J connectivity index is 1.38. The van der Waals surface area contributed by atoms with Gasteiger partial charge in [-0.2, -0.15) is 0 Å². The molecule has 0 aliphatic carbocycles. The highest BCUT2D eigenvalue weighted by molar-refractivity contribution is 7.15. The van der Waals surface area contributed by atoms with Gasteiger partial charge >= 0.3 is 0 Å². The van der Waals surface area contributed by atoms with Gasteiger partial charge in [0, 0.05) is 31.1 Å². The van der Waals surface area contributed by atoms with E-state index in [4.69, 9.17) is 4.74 Å². The number of hydrogen-bond donors (Lipinski definition) is 1. The van der Waals surface area contributed by atoms with E-state index < -0.39 is 0 Å². The molecule has 1 fully saturated rings. The number of anilines is 1. The van der Waals surface area contributed by atoms with E-state index >= 15 is 0 Å². The van der Waals surface area contributed by atoms with Crippen LogP contribution >= 0.6 is 11.3 Å². The fourth-order valence-corrected chi connectivity index (χ4v) is 3.70. The minimum atomic E-state index is -0.306. The first-order chi connectivity index (χ1) is 13.0. The predicted molar refractivity (Wildman–Crippen MR) is 105 cm³/mol. The van der Waals surface area contributed by atoms with Crippen molar-refractivity contribution in [2.45, 2.75) is 13.8 Å². The first kappa shape index (κ1) is 19.2. The lowest BCUT2D eigenvalue weighted by Crippen LogP contribution is -2.51. The zero-order chi connectivity index (χ0) is 19.2. The number of aryl methyl sites for hydroxylation is 2. The van der Waals surface area contributed by atoms with E-state index in [0.29, 0.717) is 18.8 Å². The van der Waals surface area contributed by atoms with Crippen molar-refractivity contribution < 1.29 is 14.3 Å². The summed E-state index contributed by atoms with van der Waals surface area (Å²) >= 11 is 1.69. The highest BCUT2D eigenvalue weighted by atomic mass is 32.1. The van der Waals surface area contributed by atoms with Crippen LogP contribution in [-0.2, 0) is 9.59 Å². The van der Waals surface area contributed by atoms with E-state index in [1.807, 2.05) is 25.1 Å². The third-order valence-electron chi connectivity index (χ3n) is 4.47. The summed E-state index contributed by atoms with van der Waals surface area (Å²) < 4.78 is 5.37. The van der Waals surface area contributed by atoms with Gasteiger partial charge in [0.1, 0.15) is 5.75 Å². The second kappa shape index (κ2) is 8.85. The Morgan fingerprint density at radius 3 is 2.48 bits per heavy atom. The van der Waals surface area contributed by atoms with Gasteiger partial charge in [-0.1, -0.05) is 18.2 Å². The molecule has 0 unspecified atom stereocenters. The van der Waals surface area contributed by atoms with Gasteiger partial charge in [-0.05, 0) is 26.0 Å². The molecule has 144 valence electrons. The van der Waals surface area contributed by atoms with Gasteiger partial charge in [-0.25, -0.2) is 4.98 Å². The van der Waals surface area contributed by atoms with Gasteiger partial charge in [0.05, 0.1) is 12.2 Å². The number of carbonyl (C=O) groups excluding carboxylic acids is 2. The lowest BCUT2D eigenvalue weighted by Gasteiger charge is -2.34. The van der Waals surface area contributed by atoms with Crippen LogP contribution in [-0.4, -0.2) is 61.0 Å². The molecule has 1 aromatic carbocycles. The Hall–Kier alpha value is -2.61. The van der Waals surface area contributed by atoms with Crippen molar-refractivity contribution in [3.8, 4) is 5.75 Å². The van der Waals surface area contributed by atoms with Crippen molar-refractivity contribution in [3.05, 3.63) is 40.9 Å². The number of hydrogen-bond acceptors (Lipinski definition) is 6. The van der Waals surface area contributed by atoms with Crippen LogP contribution in [0.15, 0.2) is 30.3 Å². The average molecular weight is 388 g/mol. The summed E-state index contributed by atoms with van der Waals surface area (Å²) in [5, 5.41) is 3.64. The maximum atomic E-state index is 12.3. The highest BCUT2D eigenvalue weighted by Crippen LogP contribution is 2.25. The normalized spacial score (nSPS) is 14.1. The van der Waals surface area contributed by atoms with Crippen LogP contribution < -0.4 is 15.0 Å². The number of nitrogens with zero attached hydrogens (tertiary/aromatic N) is 3. The lowest BCUT2D eigenvalue weighted by molar-refractivity contribution is -0.133. The maximum absolute atomic E-state index is 12.3. The quantitative estimate of drug-likeness (QED) is 0.814. The minimum Gasteiger partial charge on any atom is -0.484 e. The molecule has 2 heterocycles. The van der Waals surface area contributed by atoms with Crippen LogP contribution in [0.1, 0.15) is 10.6 Å². The van der Waals surface area contributed by atoms with E-state index in [1.54, 1.807) is 28.4 Å². The summed E-state index contributed by atoms with van der Waals surface area (Å²) in [5.41, 5.74) is 1.06. The Morgan fingerprint density at radius 1 is 1.15 bits per heavy atom. The molecule has 1 aliphatic rings. The summed E-state index contributed by atoms with van der Waals surface area (Å²) in [4.78, 5) is 34.0. The first-order valence-electron chi connectivity index (χ1n) is 8.94. The number of nitrogens with one attached hydrogen (secondary N) is 1. The van der Waals surface area contributed by atoms with E-state index in [0.717, 1.165) is 23.9 Å². The molecule has 1 aliphatic heterocycles. The maximum Gasteiger partial charge on any atom is 0.258 e. The highest BCUT2D eigenvalue weighted by Gasteiger charge is 2.23. The van der Waals surface area contributed by atoms with E-state index in [2.05, 4.69) is 22.1 Å². The van der Waals surface area contributed by atoms with Crippen molar-refractivity contribution in [3.63, 3.8) is 0 Å². The largest absolute Gasteiger partial charge is 0.484 e. The minimum absolute atomic E-state index is 0.00749. The molecule has 27 heavy (non-hydrogen) atoms. The topological polar surface area (TPSA) is 74.8 Å². The molecular weight excluding hydrogens is 364 g/mol. The Bertz CT molecular complexity index is 766. The summed E-state index contributed by atoms with van der Waals surface area (Å²) in [5.74, 6) is 0.247. The number of carbonyl (C=O) groups is 2. The third-order valence-corrected chi connectivity index (χ3v) is 5.60. The number of amides is 2. The number of piperazine rings is 1. The summed E-state index contributed by atoms with van der Waals surface area (Å²) in [6, 6.07) is 9.12. The fraction of sp³-hybridized carbons (Fsp3) is 0.421. The van der Waals surface area contributed by atoms with Crippen molar-refractivity contribution >= 4 is 28.3 Å². The van der Waals surface area contributed by atoms with Gasteiger partial charge in [-0.3, -0.25) is 9.59 Å². The second-order valence-electron chi connectivity index (χ2n) is 6.38. The average Bonchev–Trinajstić information content (AvgIpc) is 3.04. The van der Waals surface area contributed by atoms with Crippen LogP contribution in [0.2, 0.25) is 0 Å². The molecule has 0 bridgehead atoms. The second-order valence-corrected chi connectivity index (χ2v) is 7.57. The molecule has 0 atom stereocenters. The molecule has 0 spiro atoms. The summed E-state index contributed by atoms with van der Waals surface area (Å²) in [6.45, 7) is 6.74. The van der Waals surface area contributed by atoms with Gasteiger partial charge in [0.2, 0.25) is 5.91 Å². The number of rotatable bonds is 6. The molecule has 1 saturated heterocycles. The number of thiazole rings is 1.